The SMILES string of the molecule is CC[SiH](CC)C(C)=O. The number of hydrogen-bond acceptors (Lipinski definition) is 1. The van der Waals surface area contributed by atoms with Gasteiger partial charge in [-0.1, -0.05) is 25.9 Å². The van der Waals surface area contributed by atoms with Crippen molar-refractivity contribution in [2.45, 2.75) is 32.9 Å². The summed E-state index contributed by atoms with van der Waals surface area (Å²) in [5.41, 5.74) is 0. The molecule has 0 spiro atoms. The summed E-state index contributed by atoms with van der Waals surface area (Å²) in [5, 5.41) is 0.468. The van der Waals surface area contributed by atoms with E-state index in [1.165, 1.54) is 0 Å². The maximum Gasteiger partial charge on any atom is 0.116 e. The van der Waals surface area contributed by atoms with E-state index in [9.17, 15) is 4.79 Å². The third-order valence-corrected chi connectivity index (χ3v) is 4.68. The maximum atomic E-state index is 10.7. The summed E-state index contributed by atoms with van der Waals surface area (Å²) in [6.45, 7) is 5.95. The molecular formula is C6H14OSi. The van der Waals surface area contributed by atoms with Crippen LogP contribution >= 0.6 is 0 Å². The minimum atomic E-state index is -0.904. The van der Waals surface area contributed by atoms with Crippen LogP contribution in [0.4, 0.5) is 0 Å². The quantitative estimate of drug-likeness (QED) is 0.527. The van der Waals surface area contributed by atoms with Gasteiger partial charge in [0.1, 0.15) is 14.2 Å². The van der Waals surface area contributed by atoms with Gasteiger partial charge in [-0.05, 0) is 6.92 Å². The average Bonchev–Trinajstić information content (AvgIpc) is 1.69. The fraction of sp³-hybridized carbons (Fsp3) is 0.833. The molecule has 1 nitrogen and oxygen atoms in total. The van der Waals surface area contributed by atoms with Gasteiger partial charge >= 0.3 is 0 Å². The summed E-state index contributed by atoms with van der Waals surface area (Å²) in [7, 11) is -0.904. The van der Waals surface area contributed by atoms with Gasteiger partial charge in [-0.2, -0.15) is 0 Å². The van der Waals surface area contributed by atoms with Gasteiger partial charge in [-0.15, -0.1) is 0 Å². The Morgan fingerprint density at radius 2 is 1.75 bits per heavy atom. The zero-order chi connectivity index (χ0) is 6.57. The first-order valence-corrected chi connectivity index (χ1v) is 5.43. The maximum absolute atomic E-state index is 10.7. The van der Waals surface area contributed by atoms with Crippen LogP contribution in [-0.4, -0.2) is 14.2 Å². The first-order chi connectivity index (χ1) is 3.72. The van der Waals surface area contributed by atoms with Crippen LogP contribution < -0.4 is 0 Å². The molecule has 48 valence electrons. The molecule has 0 aromatic heterocycles. The molecule has 0 aromatic rings. The topological polar surface area (TPSA) is 17.1 Å². The van der Waals surface area contributed by atoms with Crippen molar-refractivity contribution < 1.29 is 4.79 Å². The van der Waals surface area contributed by atoms with E-state index in [4.69, 9.17) is 0 Å². The first-order valence-electron chi connectivity index (χ1n) is 3.22. The molecule has 0 bridgehead atoms. The Kier molecular flexibility index (Phi) is 3.78. The van der Waals surface area contributed by atoms with E-state index in [1.54, 1.807) is 6.92 Å². The minimum Gasteiger partial charge on any atom is -0.306 e. The molecular weight excluding hydrogens is 116 g/mol. The summed E-state index contributed by atoms with van der Waals surface area (Å²) >= 11 is 0. The van der Waals surface area contributed by atoms with Crippen molar-refractivity contribution in [2.75, 3.05) is 0 Å². The lowest BCUT2D eigenvalue weighted by molar-refractivity contribution is -0.110. The molecule has 0 fully saturated rings. The van der Waals surface area contributed by atoms with E-state index in [1.807, 2.05) is 0 Å². The average molecular weight is 130 g/mol. The van der Waals surface area contributed by atoms with Crippen molar-refractivity contribution in [3.8, 4) is 0 Å². The Hall–Kier alpha value is -0.113. The van der Waals surface area contributed by atoms with Crippen molar-refractivity contribution in [2.24, 2.45) is 0 Å². The fourth-order valence-electron chi connectivity index (χ4n) is 0.864. The molecule has 0 radical (unpaired) electrons. The van der Waals surface area contributed by atoms with Crippen LogP contribution in [0.5, 0.6) is 0 Å². The van der Waals surface area contributed by atoms with Crippen LogP contribution in [0.2, 0.25) is 12.1 Å². The second-order valence-corrected chi connectivity index (χ2v) is 5.96. The third-order valence-electron chi connectivity index (χ3n) is 1.56. The summed E-state index contributed by atoms with van der Waals surface area (Å²) in [4.78, 5) is 10.7. The van der Waals surface area contributed by atoms with E-state index in [0.29, 0.717) is 5.41 Å². The minimum absolute atomic E-state index is 0.468. The summed E-state index contributed by atoms with van der Waals surface area (Å²) in [6.07, 6.45) is 0. The molecule has 8 heavy (non-hydrogen) atoms. The molecule has 0 N–H and O–H groups in total. The zero-order valence-corrected chi connectivity index (χ0v) is 7.05. The molecule has 0 atom stereocenters. The molecule has 0 aliphatic rings. The number of carbonyl (C=O) groups excluding carboxylic acids is 1. The van der Waals surface area contributed by atoms with Crippen LogP contribution in [0.15, 0.2) is 0 Å². The van der Waals surface area contributed by atoms with E-state index in [-0.39, 0.29) is 0 Å². The van der Waals surface area contributed by atoms with E-state index >= 15 is 0 Å². The van der Waals surface area contributed by atoms with E-state index in [0.717, 1.165) is 12.1 Å². The van der Waals surface area contributed by atoms with Crippen LogP contribution in [-0.2, 0) is 4.79 Å². The van der Waals surface area contributed by atoms with Gasteiger partial charge in [-0.3, -0.25) is 0 Å². The van der Waals surface area contributed by atoms with Crippen molar-refractivity contribution in [3.63, 3.8) is 0 Å². The van der Waals surface area contributed by atoms with Gasteiger partial charge in [0.25, 0.3) is 0 Å². The lowest BCUT2D eigenvalue weighted by Gasteiger charge is -2.02. The van der Waals surface area contributed by atoms with Crippen LogP contribution in [0.3, 0.4) is 0 Å². The highest BCUT2D eigenvalue weighted by atomic mass is 28.3. The van der Waals surface area contributed by atoms with Gasteiger partial charge in [-0.25, -0.2) is 0 Å². The predicted molar refractivity (Wildman–Crippen MR) is 38.8 cm³/mol. The Morgan fingerprint density at radius 1 is 1.38 bits per heavy atom. The lowest BCUT2D eigenvalue weighted by Crippen LogP contribution is -2.19. The number of rotatable bonds is 3. The lowest BCUT2D eigenvalue weighted by atomic mass is 10.9. The highest BCUT2D eigenvalue weighted by molar-refractivity contribution is 6.89. The fourth-order valence-corrected chi connectivity index (χ4v) is 2.59. The summed E-state index contributed by atoms with van der Waals surface area (Å²) < 4.78 is 0. The monoisotopic (exact) mass is 130 g/mol. The van der Waals surface area contributed by atoms with Crippen molar-refractivity contribution in [3.05, 3.63) is 0 Å². The van der Waals surface area contributed by atoms with Crippen molar-refractivity contribution in [1.82, 2.24) is 0 Å². The van der Waals surface area contributed by atoms with Gasteiger partial charge in [0.2, 0.25) is 0 Å². The highest BCUT2D eigenvalue weighted by Gasteiger charge is 2.09. The van der Waals surface area contributed by atoms with Gasteiger partial charge < -0.3 is 4.79 Å². The largest absolute Gasteiger partial charge is 0.306 e. The molecule has 0 aromatic carbocycles. The first kappa shape index (κ1) is 7.89. The van der Waals surface area contributed by atoms with Crippen molar-refractivity contribution in [1.29, 1.82) is 0 Å². The van der Waals surface area contributed by atoms with Crippen LogP contribution in [0.1, 0.15) is 20.8 Å². The predicted octanol–water partition coefficient (Wildman–Crippen LogP) is 1.38. The third kappa shape index (κ3) is 2.26. The molecule has 2 heteroatoms. The van der Waals surface area contributed by atoms with Gasteiger partial charge in [0, 0.05) is 0 Å². The van der Waals surface area contributed by atoms with Gasteiger partial charge in [0.15, 0.2) is 0 Å². The van der Waals surface area contributed by atoms with Crippen LogP contribution in [0, 0.1) is 0 Å². The summed E-state index contributed by atoms with van der Waals surface area (Å²) in [5.74, 6) is 0. The second-order valence-electron chi connectivity index (χ2n) is 2.12. The highest BCUT2D eigenvalue weighted by Crippen LogP contribution is 1.97. The molecule has 0 rings (SSSR count). The zero-order valence-electron chi connectivity index (χ0n) is 5.90. The number of carbonyl (C=O) groups is 1. The summed E-state index contributed by atoms with van der Waals surface area (Å²) in [6, 6.07) is 2.26. The molecule has 0 aliphatic heterocycles. The van der Waals surface area contributed by atoms with Crippen molar-refractivity contribution >= 4 is 14.2 Å². The van der Waals surface area contributed by atoms with Gasteiger partial charge in [0.05, 0.1) is 0 Å². The molecule has 0 unspecified atom stereocenters. The molecule has 0 aliphatic carbocycles. The molecule has 0 saturated carbocycles. The van der Waals surface area contributed by atoms with E-state index in [2.05, 4.69) is 13.8 Å². The Balaban J connectivity index is 3.52. The molecule has 0 amide bonds. The second kappa shape index (κ2) is 3.84. The Labute approximate surface area is 52.7 Å². The smallest absolute Gasteiger partial charge is 0.116 e. The van der Waals surface area contributed by atoms with Crippen LogP contribution in [0.25, 0.3) is 0 Å². The Morgan fingerprint density at radius 3 is 1.75 bits per heavy atom. The number of hydrogen-bond donors (Lipinski definition) is 0. The normalized spacial score (nSPS) is 10.0. The molecule has 0 saturated heterocycles. The Bertz CT molecular complexity index is 76.6. The standard InChI is InChI=1S/C6H14OSi/c1-4-8(5-2)6(3)7/h8H,4-5H2,1-3H3. The molecule has 0 heterocycles. The van der Waals surface area contributed by atoms with E-state index < -0.39 is 8.80 Å².